The Balaban J connectivity index is 1.27. The van der Waals surface area contributed by atoms with Crippen LogP contribution in [0.3, 0.4) is 0 Å². The highest BCUT2D eigenvalue weighted by atomic mass is 16.6. The SMILES string of the molecule is C[C@@H](c1ccc(-c2nn[nH]n2)cc1)N1C(=O)[C@@H]2C[C@H]1CN2C[C@H](NC(=O)OC(C)(C)C)C(=O)N1CCC[C@H]1C#N. The summed E-state index contributed by atoms with van der Waals surface area (Å²) in [6, 6.07) is 7.96. The first-order chi connectivity index (χ1) is 19.1. The second-order valence-electron chi connectivity index (χ2n) is 11.7. The van der Waals surface area contributed by atoms with E-state index < -0.39 is 23.8 Å². The molecule has 0 spiro atoms. The molecule has 0 unspecified atom stereocenters. The van der Waals surface area contributed by atoms with Crippen molar-refractivity contribution in [3.8, 4) is 17.5 Å². The largest absolute Gasteiger partial charge is 0.444 e. The third-order valence-electron chi connectivity index (χ3n) is 7.82. The van der Waals surface area contributed by atoms with Gasteiger partial charge in [0.2, 0.25) is 17.6 Å². The Hall–Kier alpha value is -4.05. The molecule has 5 atom stereocenters. The number of aromatic nitrogens is 4. The smallest absolute Gasteiger partial charge is 0.408 e. The summed E-state index contributed by atoms with van der Waals surface area (Å²) in [6.45, 7) is 8.49. The molecule has 4 heterocycles. The lowest BCUT2D eigenvalue weighted by Gasteiger charge is -2.39. The Morgan fingerprint density at radius 3 is 2.65 bits per heavy atom. The summed E-state index contributed by atoms with van der Waals surface area (Å²) in [6.07, 6.45) is 1.30. The van der Waals surface area contributed by atoms with Crippen LogP contribution < -0.4 is 5.32 Å². The van der Waals surface area contributed by atoms with Crippen molar-refractivity contribution in [2.24, 2.45) is 0 Å². The summed E-state index contributed by atoms with van der Waals surface area (Å²) in [5.41, 5.74) is 1.09. The Bertz CT molecular complexity index is 1280. The van der Waals surface area contributed by atoms with Gasteiger partial charge >= 0.3 is 6.09 Å². The zero-order valence-corrected chi connectivity index (χ0v) is 23.2. The van der Waals surface area contributed by atoms with Gasteiger partial charge in [-0.2, -0.15) is 10.5 Å². The fourth-order valence-electron chi connectivity index (χ4n) is 5.99. The molecule has 13 heteroatoms. The number of tetrazole rings is 1. The van der Waals surface area contributed by atoms with Gasteiger partial charge in [-0.05, 0) is 57.7 Å². The van der Waals surface area contributed by atoms with E-state index in [1.165, 1.54) is 4.90 Å². The zero-order valence-electron chi connectivity index (χ0n) is 23.2. The van der Waals surface area contributed by atoms with E-state index in [9.17, 15) is 19.6 Å². The van der Waals surface area contributed by atoms with E-state index in [1.807, 2.05) is 41.0 Å². The maximum atomic E-state index is 13.6. The third kappa shape index (κ3) is 5.49. The minimum absolute atomic E-state index is 0.00513. The van der Waals surface area contributed by atoms with Crippen LogP contribution in [0.25, 0.3) is 11.4 Å². The number of amides is 3. The quantitative estimate of drug-likeness (QED) is 0.523. The fourth-order valence-corrected chi connectivity index (χ4v) is 5.99. The number of nitrogens with zero attached hydrogens (tertiary/aromatic N) is 7. The van der Waals surface area contributed by atoms with Crippen LogP contribution in [0.15, 0.2) is 24.3 Å². The van der Waals surface area contributed by atoms with Gasteiger partial charge in [-0.1, -0.05) is 24.3 Å². The molecular formula is C27H35N9O4. The molecule has 5 rings (SSSR count). The van der Waals surface area contributed by atoms with Crippen molar-refractivity contribution in [3.05, 3.63) is 29.8 Å². The molecule has 0 radical (unpaired) electrons. The number of alkyl carbamates (subject to hydrolysis) is 1. The number of rotatable bonds is 7. The highest BCUT2D eigenvalue weighted by Gasteiger charge is 2.52. The topological polar surface area (TPSA) is 160 Å². The molecule has 1 aromatic heterocycles. The number of piperazine rings is 1. The molecule has 2 bridgehead atoms. The molecule has 13 nitrogen and oxygen atoms in total. The van der Waals surface area contributed by atoms with Crippen molar-refractivity contribution < 1.29 is 19.1 Å². The molecular weight excluding hydrogens is 514 g/mol. The van der Waals surface area contributed by atoms with Gasteiger partial charge in [0, 0.05) is 31.2 Å². The van der Waals surface area contributed by atoms with Crippen molar-refractivity contribution >= 4 is 17.9 Å². The fraction of sp³-hybridized carbons (Fsp3) is 0.593. The normalized spacial score (nSPS) is 24.2. The monoisotopic (exact) mass is 549 g/mol. The highest BCUT2D eigenvalue weighted by molar-refractivity contribution is 5.88. The molecule has 0 saturated carbocycles. The van der Waals surface area contributed by atoms with E-state index >= 15 is 0 Å². The minimum Gasteiger partial charge on any atom is -0.444 e. The Morgan fingerprint density at radius 2 is 2.02 bits per heavy atom. The Kier molecular flexibility index (Phi) is 7.46. The van der Waals surface area contributed by atoms with Crippen molar-refractivity contribution in [3.63, 3.8) is 0 Å². The van der Waals surface area contributed by atoms with Gasteiger partial charge in [-0.15, -0.1) is 10.2 Å². The van der Waals surface area contributed by atoms with E-state index in [2.05, 4.69) is 32.0 Å². The van der Waals surface area contributed by atoms with Crippen LogP contribution in [0, 0.1) is 11.3 Å². The lowest BCUT2D eigenvalue weighted by Crippen LogP contribution is -2.59. The molecule has 0 aliphatic carbocycles. The predicted molar refractivity (Wildman–Crippen MR) is 142 cm³/mol. The highest BCUT2D eigenvalue weighted by Crippen LogP contribution is 2.38. The molecule has 3 fully saturated rings. The first kappa shape index (κ1) is 27.5. The van der Waals surface area contributed by atoms with E-state index in [0.29, 0.717) is 31.8 Å². The molecule has 3 amide bonds. The number of nitrogens with one attached hydrogen (secondary N) is 2. The van der Waals surface area contributed by atoms with Crippen molar-refractivity contribution in [2.75, 3.05) is 19.6 Å². The van der Waals surface area contributed by atoms with Crippen LogP contribution in [0.4, 0.5) is 4.79 Å². The summed E-state index contributed by atoms with van der Waals surface area (Å²) in [4.78, 5) is 45.2. The standard InChI is InChI=1S/C27H35N9O4/c1-16(17-7-9-18(10-8-17)23-30-32-33-31-23)36-20-12-22(25(36)38)34(14-20)15-21(29-26(39)40-27(2,3)4)24(37)35-11-5-6-19(35)13-28/h7-10,16,19-22H,5-6,11-12,14-15H2,1-4H3,(H,29,39)(H,30,31,32,33)/t16-,19-,20-,21-,22-/m0/s1. The van der Waals surface area contributed by atoms with Gasteiger partial charge in [-0.25, -0.2) is 4.79 Å². The molecule has 3 saturated heterocycles. The number of carbonyl (C=O) groups excluding carboxylic acids is 3. The average molecular weight is 550 g/mol. The van der Waals surface area contributed by atoms with Crippen LogP contribution in [-0.2, 0) is 14.3 Å². The number of hydrogen-bond acceptors (Lipinski definition) is 9. The second-order valence-corrected chi connectivity index (χ2v) is 11.7. The van der Waals surface area contributed by atoms with Gasteiger partial charge in [0.15, 0.2) is 0 Å². The van der Waals surface area contributed by atoms with Gasteiger partial charge in [-0.3, -0.25) is 14.5 Å². The van der Waals surface area contributed by atoms with E-state index in [0.717, 1.165) is 17.5 Å². The molecule has 2 aromatic rings. The number of aromatic amines is 1. The van der Waals surface area contributed by atoms with Crippen molar-refractivity contribution in [1.82, 2.24) is 40.6 Å². The van der Waals surface area contributed by atoms with Gasteiger partial charge in [0.1, 0.15) is 17.7 Å². The summed E-state index contributed by atoms with van der Waals surface area (Å²) >= 11 is 0. The third-order valence-corrected chi connectivity index (χ3v) is 7.82. The Labute approximate surface area is 232 Å². The number of fused-ring (bicyclic) bond motifs is 2. The average Bonchev–Trinajstić information content (AvgIpc) is 3.71. The number of carbonyl (C=O) groups is 3. The number of benzene rings is 1. The lowest BCUT2D eigenvalue weighted by molar-refractivity contribution is -0.141. The zero-order chi connectivity index (χ0) is 28.6. The van der Waals surface area contributed by atoms with Crippen LogP contribution in [0.5, 0.6) is 0 Å². The number of nitriles is 1. The number of H-pyrrole nitrogens is 1. The van der Waals surface area contributed by atoms with Gasteiger partial charge in [0.05, 0.1) is 18.2 Å². The van der Waals surface area contributed by atoms with E-state index in [4.69, 9.17) is 4.74 Å². The number of likely N-dealkylation sites (tertiary alicyclic amines) is 3. The van der Waals surface area contributed by atoms with Crippen LogP contribution in [0.1, 0.15) is 58.6 Å². The van der Waals surface area contributed by atoms with Crippen LogP contribution in [0.2, 0.25) is 0 Å². The first-order valence-corrected chi connectivity index (χ1v) is 13.7. The molecule has 212 valence electrons. The molecule has 3 aliphatic rings. The van der Waals surface area contributed by atoms with E-state index in [-0.39, 0.29) is 36.5 Å². The summed E-state index contributed by atoms with van der Waals surface area (Å²) in [5.74, 6) is 0.188. The molecule has 1 aromatic carbocycles. The van der Waals surface area contributed by atoms with Gasteiger partial charge < -0.3 is 19.9 Å². The van der Waals surface area contributed by atoms with Crippen LogP contribution >= 0.6 is 0 Å². The molecule has 2 N–H and O–H groups in total. The minimum atomic E-state index is -0.931. The lowest BCUT2D eigenvalue weighted by atomic mass is 10.0. The van der Waals surface area contributed by atoms with Crippen molar-refractivity contribution in [1.29, 1.82) is 5.26 Å². The second kappa shape index (κ2) is 10.8. The molecule has 40 heavy (non-hydrogen) atoms. The Morgan fingerprint density at radius 1 is 1.27 bits per heavy atom. The predicted octanol–water partition coefficient (Wildman–Crippen LogP) is 1.62. The molecule has 3 aliphatic heterocycles. The number of ether oxygens (including phenoxy) is 1. The van der Waals surface area contributed by atoms with Crippen molar-refractivity contribution in [2.45, 2.75) is 82.8 Å². The summed E-state index contributed by atoms with van der Waals surface area (Å²) in [5, 5.41) is 26.3. The summed E-state index contributed by atoms with van der Waals surface area (Å²) in [7, 11) is 0. The first-order valence-electron chi connectivity index (χ1n) is 13.7. The van der Waals surface area contributed by atoms with E-state index in [1.54, 1.807) is 20.8 Å². The number of hydrogen-bond donors (Lipinski definition) is 2. The van der Waals surface area contributed by atoms with Crippen LogP contribution in [-0.4, -0.2) is 103 Å². The van der Waals surface area contributed by atoms with Gasteiger partial charge in [0.25, 0.3) is 0 Å². The summed E-state index contributed by atoms with van der Waals surface area (Å²) < 4.78 is 5.42. The maximum Gasteiger partial charge on any atom is 0.408 e. The maximum absolute atomic E-state index is 13.6.